The summed E-state index contributed by atoms with van der Waals surface area (Å²) in [6.45, 7) is 6.89. The molecule has 2 rings (SSSR count). The van der Waals surface area contributed by atoms with Gasteiger partial charge in [-0.1, -0.05) is 13.8 Å². The van der Waals surface area contributed by atoms with Crippen molar-refractivity contribution in [2.24, 2.45) is 0 Å². The Morgan fingerprint density at radius 2 is 1.21 bits per heavy atom. The lowest BCUT2D eigenvalue weighted by Crippen LogP contribution is -2.39. The molecule has 0 spiro atoms. The Bertz CT molecular complexity index is 1110. The second-order valence-corrected chi connectivity index (χ2v) is 8.17. The van der Waals surface area contributed by atoms with E-state index in [2.05, 4.69) is 29.4 Å². The van der Waals surface area contributed by atoms with E-state index in [0.717, 1.165) is 13.1 Å². The van der Waals surface area contributed by atoms with E-state index < -0.39 is 11.8 Å². The number of nitrogens with one attached hydrogen (secondary N) is 2. The number of hydrogen-bond acceptors (Lipinski definition) is 9. The summed E-state index contributed by atoms with van der Waals surface area (Å²) < 4.78 is 32.3. The maximum Gasteiger partial charge on any atom is 0.267 e. The van der Waals surface area contributed by atoms with E-state index in [0.29, 0.717) is 53.2 Å². The Morgan fingerprint density at radius 3 is 1.62 bits per heavy atom. The van der Waals surface area contributed by atoms with Gasteiger partial charge in [0.05, 0.1) is 42.7 Å². The molecule has 0 aliphatic rings. The van der Waals surface area contributed by atoms with Gasteiger partial charge in [-0.15, -0.1) is 0 Å². The van der Waals surface area contributed by atoms with Crippen LogP contribution in [-0.2, 0) is 4.79 Å². The molecule has 0 bridgehead atoms. The highest BCUT2D eigenvalue weighted by molar-refractivity contribution is 6.05. The summed E-state index contributed by atoms with van der Waals surface area (Å²) >= 11 is 0. The first kappa shape index (κ1) is 31.1. The van der Waals surface area contributed by atoms with Gasteiger partial charge in [0, 0.05) is 18.7 Å². The third-order valence-electron chi connectivity index (χ3n) is 6.03. The maximum absolute atomic E-state index is 13.3. The molecule has 2 aromatic carbocycles. The van der Waals surface area contributed by atoms with Crippen molar-refractivity contribution >= 4 is 17.9 Å². The Labute approximate surface area is 230 Å². The van der Waals surface area contributed by atoms with Gasteiger partial charge in [0.25, 0.3) is 11.8 Å². The Morgan fingerprint density at radius 1 is 0.744 bits per heavy atom. The monoisotopic (exact) mass is 545 g/mol. The van der Waals surface area contributed by atoms with E-state index in [9.17, 15) is 9.59 Å². The zero-order valence-electron chi connectivity index (χ0n) is 23.9. The molecule has 0 fully saturated rings. The molecule has 0 unspecified atom stereocenters. The number of nitrogens with zero attached hydrogens (tertiary/aromatic N) is 1. The van der Waals surface area contributed by atoms with Crippen LogP contribution in [0.3, 0.4) is 0 Å². The topological polar surface area (TPSA) is 117 Å². The predicted octanol–water partition coefficient (Wildman–Crippen LogP) is 2.97. The molecule has 0 radical (unpaired) electrons. The van der Waals surface area contributed by atoms with E-state index in [1.807, 2.05) is 0 Å². The van der Waals surface area contributed by atoms with E-state index in [1.54, 1.807) is 12.1 Å². The second-order valence-electron chi connectivity index (χ2n) is 8.17. The molecule has 0 saturated carbocycles. The van der Waals surface area contributed by atoms with Crippen molar-refractivity contribution in [2.45, 2.75) is 13.8 Å². The summed E-state index contributed by atoms with van der Waals surface area (Å²) in [6.07, 6.45) is 1.53. The number of hydrogen-bond donors (Lipinski definition) is 2. The van der Waals surface area contributed by atoms with Gasteiger partial charge in [-0.25, -0.2) is 0 Å². The highest BCUT2D eigenvalue weighted by Gasteiger charge is 2.21. The minimum atomic E-state index is -0.549. The van der Waals surface area contributed by atoms with Crippen LogP contribution in [-0.4, -0.2) is 85.6 Å². The van der Waals surface area contributed by atoms with Crippen molar-refractivity contribution in [3.05, 3.63) is 41.1 Å². The fourth-order valence-electron chi connectivity index (χ4n) is 3.88. The van der Waals surface area contributed by atoms with Gasteiger partial charge in [-0.2, -0.15) is 0 Å². The average molecular weight is 546 g/mol. The van der Waals surface area contributed by atoms with Crippen molar-refractivity contribution in [1.82, 2.24) is 15.5 Å². The third kappa shape index (κ3) is 7.93. The molecule has 2 aromatic rings. The molecule has 0 aliphatic heterocycles. The first-order valence-electron chi connectivity index (χ1n) is 12.4. The van der Waals surface area contributed by atoms with E-state index in [1.165, 1.54) is 60.9 Å². The summed E-state index contributed by atoms with van der Waals surface area (Å²) in [6, 6.07) is 6.37. The zero-order valence-corrected chi connectivity index (χ0v) is 23.9. The van der Waals surface area contributed by atoms with Gasteiger partial charge in [-0.3, -0.25) is 9.59 Å². The summed E-state index contributed by atoms with van der Waals surface area (Å²) in [5.74, 6) is 1.16. The first-order valence-corrected chi connectivity index (χ1v) is 12.4. The van der Waals surface area contributed by atoms with Crippen LogP contribution in [0.1, 0.15) is 29.8 Å². The van der Waals surface area contributed by atoms with E-state index >= 15 is 0 Å². The van der Waals surface area contributed by atoms with Crippen LogP contribution in [0, 0.1) is 0 Å². The zero-order chi connectivity index (χ0) is 28.9. The standard InChI is InChI=1S/C28H39N3O8/c1-9-31(10-2)12-11-29-28(33)20(13-18-14-21(34-3)25(38-7)22(15-18)35-4)30-27(32)19-16-23(36-5)26(39-8)24(17-19)37-6/h13-17H,9-12H2,1-8H3,(H,29,33)(H,30,32)/b20-13+. The van der Waals surface area contributed by atoms with E-state index in [4.69, 9.17) is 28.4 Å². The molecular weight excluding hydrogens is 506 g/mol. The Hall–Kier alpha value is -4.12. The second kappa shape index (κ2) is 15.3. The molecule has 214 valence electrons. The van der Waals surface area contributed by atoms with Gasteiger partial charge < -0.3 is 44.0 Å². The molecule has 0 aromatic heterocycles. The van der Waals surface area contributed by atoms with Crippen LogP contribution in [0.2, 0.25) is 0 Å². The van der Waals surface area contributed by atoms with Crippen LogP contribution in [0.25, 0.3) is 6.08 Å². The van der Waals surface area contributed by atoms with Gasteiger partial charge in [0.2, 0.25) is 11.5 Å². The fraction of sp³-hybridized carbons (Fsp3) is 0.429. The Balaban J connectivity index is 2.50. The molecule has 39 heavy (non-hydrogen) atoms. The Kier molecular flexibility index (Phi) is 12.2. The molecule has 0 atom stereocenters. The number of ether oxygens (including phenoxy) is 6. The fourth-order valence-corrected chi connectivity index (χ4v) is 3.88. The normalized spacial score (nSPS) is 11.1. The molecule has 2 amide bonds. The number of carbonyl (C=O) groups excluding carboxylic acids is 2. The quantitative estimate of drug-likeness (QED) is 0.326. The summed E-state index contributed by atoms with van der Waals surface area (Å²) in [5, 5.41) is 5.60. The SMILES string of the molecule is CCN(CC)CCNC(=O)/C(=C\c1cc(OC)c(OC)c(OC)c1)NC(=O)c1cc(OC)c(OC)c(OC)c1. The van der Waals surface area contributed by atoms with Crippen molar-refractivity contribution in [1.29, 1.82) is 0 Å². The number of benzene rings is 2. The minimum absolute atomic E-state index is 0.0163. The number of methoxy groups -OCH3 is 6. The predicted molar refractivity (Wildman–Crippen MR) is 148 cm³/mol. The lowest BCUT2D eigenvalue weighted by atomic mass is 10.1. The van der Waals surface area contributed by atoms with Crippen LogP contribution >= 0.6 is 0 Å². The van der Waals surface area contributed by atoms with Crippen LogP contribution in [0.15, 0.2) is 30.0 Å². The van der Waals surface area contributed by atoms with Gasteiger partial charge in [0.1, 0.15) is 5.70 Å². The maximum atomic E-state index is 13.3. The molecule has 2 N–H and O–H groups in total. The molecule has 0 aliphatic carbocycles. The van der Waals surface area contributed by atoms with E-state index in [-0.39, 0.29) is 11.3 Å². The highest BCUT2D eigenvalue weighted by atomic mass is 16.5. The number of carbonyl (C=O) groups is 2. The number of amides is 2. The smallest absolute Gasteiger partial charge is 0.267 e. The van der Waals surface area contributed by atoms with Crippen molar-refractivity contribution < 1.29 is 38.0 Å². The molecule has 0 heterocycles. The third-order valence-corrected chi connectivity index (χ3v) is 6.03. The van der Waals surface area contributed by atoms with Crippen LogP contribution in [0.5, 0.6) is 34.5 Å². The van der Waals surface area contributed by atoms with Crippen molar-refractivity contribution in [3.8, 4) is 34.5 Å². The summed E-state index contributed by atoms with van der Waals surface area (Å²) in [5.41, 5.74) is 0.766. The largest absolute Gasteiger partial charge is 0.493 e. The average Bonchev–Trinajstić information content (AvgIpc) is 2.97. The van der Waals surface area contributed by atoms with Crippen LogP contribution in [0.4, 0.5) is 0 Å². The van der Waals surface area contributed by atoms with Gasteiger partial charge >= 0.3 is 0 Å². The van der Waals surface area contributed by atoms with Crippen molar-refractivity contribution in [2.75, 3.05) is 68.8 Å². The highest BCUT2D eigenvalue weighted by Crippen LogP contribution is 2.39. The van der Waals surface area contributed by atoms with Crippen molar-refractivity contribution in [3.63, 3.8) is 0 Å². The summed E-state index contributed by atoms with van der Waals surface area (Å²) in [4.78, 5) is 28.8. The minimum Gasteiger partial charge on any atom is -0.493 e. The first-order chi connectivity index (χ1) is 18.8. The molecular formula is C28H39N3O8. The molecule has 0 saturated heterocycles. The lowest BCUT2D eigenvalue weighted by molar-refractivity contribution is -0.117. The summed E-state index contributed by atoms with van der Waals surface area (Å²) in [7, 11) is 8.88. The molecule has 11 heteroatoms. The lowest BCUT2D eigenvalue weighted by Gasteiger charge is -2.19. The van der Waals surface area contributed by atoms with Crippen LogP contribution < -0.4 is 39.1 Å². The van der Waals surface area contributed by atoms with Gasteiger partial charge in [-0.05, 0) is 49.0 Å². The number of rotatable bonds is 15. The number of likely N-dealkylation sites (N-methyl/N-ethyl adjacent to an activating group) is 1. The molecule has 11 nitrogen and oxygen atoms in total. The van der Waals surface area contributed by atoms with Gasteiger partial charge in [0.15, 0.2) is 23.0 Å².